The first-order chi connectivity index (χ1) is 14.7. The highest BCUT2D eigenvalue weighted by molar-refractivity contribution is 6.03. The van der Waals surface area contributed by atoms with Gasteiger partial charge in [0.15, 0.2) is 0 Å². The van der Waals surface area contributed by atoms with Crippen molar-refractivity contribution in [3.63, 3.8) is 0 Å². The van der Waals surface area contributed by atoms with Crippen LogP contribution in [-0.2, 0) is 33.8 Å². The van der Waals surface area contributed by atoms with Crippen LogP contribution in [0.15, 0.2) is 60.9 Å². The molecule has 4 aromatic rings. The molecule has 1 N–H and O–H groups in total. The molecule has 0 saturated carbocycles. The Morgan fingerprint density at radius 3 is 2.37 bits per heavy atom. The number of anilines is 1. The molecule has 30 heavy (non-hydrogen) atoms. The van der Waals surface area contributed by atoms with Gasteiger partial charge in [-0.25, -0.2) is 0 Å². The number of hydrogen-bond donors (Lipinski definition) is 1. The van der Waals surface area contributed by atoms with Crippen LogP contribution in [0.3, 0.4) is 0 Å². The average Bonchev–Trinajstić information content (AvgIpc) is 3.33. The van der Waals surface area contributed by atoms with E-state index in [0.717, 1.165) is 46.1 Å². The van der Waals surface area contributed by atoms with E-state index in [4.69, 9.17) is 9.47 Å². The predicted molar refractivity (Wildman–Crippen MR) is 120 cm³/mol. The number of carbonyl (C=O) groups excluding carboxylic acids is 1. The van der Waals surface area contributed by atoms with Crippen LogP contribution in [0, 0.1) is 0 Å². The summed E-state index contributed by atoms with van der Waals surface area (Å²) in [6, 6.07) is 16.2. The van der Waals surface area contributed by atoms with Crippen LogP contribution in [-0.4, -0.2) is 42.5 Å². The molecule has 0 aliphatic carbocycles. The fraction of sp³-hybridized carbons (Fsp3) is 0.292. The van der Waals surface area contributed by atoms with E-state index >= 15 is 0 Å². The third-order valence-corrected chi connectivity index (χ3v) is 5.38. The normalized spacial score (nSPS) is 11.4. The fourth-order valence-electron chi connectivity index (χ4n) is 3.92. The summed E-state index contributed by atoms with van der Waals surface area (Å²) in [6.45, 7) is 2.81. The molecule has 0 aliphatic heterocycles. The van der Waals surface area contributed by atoms with E-state index in [2.05, 4.69) is 38.8 Å². The van der Waals surface area contributed by atoms with Crippen molar-refractivity contribution in [2.75, 3.05) is 32.8 Å². The van der Waals surface area contributed by atoms with Crippen molar-refractivity contribution in [1.29, 1.82) is 0 Å². The van der Waals surface area contributed by atoms with Gasteiger partial charge in [0.2, 0.25) is 5.91 Å². The quantitative estimate of drug-likeness (QED) is 0.457. The maximum absolute atomic E-state index is 12.9. The van der Waals surface area contributed by atoms with Gasteiger partial charge in [0, 0.05) is 56.0 Å². The Kier molecular flexibility index (Phi) is 6.16. The maximum atomic E-state index is 12.9. The number of methoxy groups -OCH3 is 2. The van der Waals surface area contributed by atoms with Crippen LogP contribution in [0.1, 0.15) is 5.56 Å². The molecule has 1 amide bonds. The lowest BCUT2D eigenvalue weighted by Gasteiger charge is -2.08. The van der Waals surface area contributed by atoms with Crippen molar-refractivity contribution in [1.82, 2.24) is 9.13 Å². The second-order valence-electron chi connectivity index (χ2n) is 7.32. The highest BCUT2D eigenvalue weighted by Gasteiger charge is 2.13. The Hall–Kier alpha value is -3.09. The Balaban J connectivity index is 1.55. The van der Waals surface area contributed by atoms with Gasteiger partial charge in [-0.2, -0.15) is 0 Å². The van der Waals surface area contributed by atoms with Gasteiger partial charge in [-0.15, -0.1) is 0 Å². The summed E-state index contributed by atoms with van der Waals surface area (Å²) in [5.74, 6) is -0.0261. The third-order valence-electron chi connectivity index (χ3n) is 5.38. The van der Waals surface area contributed by atoms with E-state index in [1.54, 1.807) is 14.2 Å². The van der Waals surface area contributed by atoms with E-state index in [1.165, 1.54) is 0 Å². The molecule has 0 atom stereocenters. The van der Waals surface area contributed by atoms with Gasteiger partial charge in [0.05, 0.1) is 30.8 Å². The van der Waals surface area contributed by atoms with Crippen molar-refractivity contribution in [3.05, 3.63) is 66.5 Å². The number of rotatable bonds is 9. The molecule has 0 unspecified atom stereocenters. The van der Waals surface area contributed by atoms with Crippen LogP contribution >= 0.6 is 0 Å². The van der Waals surface area contributed by atoms with Crippen LogP contribution in [0.5, 0.6) is 0 Å². The Bertz CT molecular complexity index is 1160. The smallest absolute Gasteiger partial charge is 0.228 e. The highest BCUT2D eigenvalue weighted by Crippen LogP contribution is 2.26. The molecule has 156 valence electrons. The number of benzene rings is 2. The summed E-state index contributed by atoms with van der Waals surface area (Å²) in [4.78, 5) is 12.9. The summed E-state index contributed by atoms with van der Waals surface area (Å²) >= 11 is 0. The van der Waals surface area contributed by atoms with Gasteiger partial charge in [-0.3, -0.25) is 4.79 Å². The lowest BCUT2D eigenvalue weighted by atomic mass is 10.1. The van der Waals surface area contributed by atoms with Crippen molar-refractivity contribution in [2.24, 2.45) is 0 Å². The number of hydrogen-bond acceptors (Lipinski definition) is 3. The summed E-state index contributed by atoms with van der Waals surface area (Å²) in [7, 11) is 3.40. The fourth-order valence-corrected chi connectivity index (χ4v) is 3.92. The molecule has 0 fully saturated rings. The molecule has 2 aromatic carbocycles. The third kappa shape index (κ3) is 4.10. The zero-order valence-electron chi connectivity index (χ0n) is 17.4. The van der Waals surface area contributed by atoms with Crippen LogP contribution in [0.4, 0.5) is 5.69 Å². The van der Waals surface area contributed by atoms with E-state index in [9.17, 15) is 4.79 Å². The number of nitrogens with zero attached hydrogens (tertiary/aromatic N) is 2. The molecule has 6 heteroatoms. The molecule has 4 rings (SSSR count). The molecule has 0 spiro atoms. The van der Waals surface area contributed by atoms with Crippen molar-refractivity contribution in [3.8, 4) is 0 Å². The van der Waals surface area contributed by atoms with E-state index < -0.39 is 0 Å². The monoisotopic (exact) mass is 405 g/mol. The van der Waals surface area contributed by atoms with E-state index in [-0.39, 0.29) is 5.91 Å². The van der Waals surface area contributed by atoms with Crippen LogP contribution in [0.2, 0.25) is 0 Å². The minimum absolute atomic E-state index is 0.0261. The Morgan fingerprint density at radius 1 is 0.867 bits per heavy atom. The lowest BCUT2D eigenvalue weighted by molar-refractivity contribution is -0.115. The molecule has 0 radical (unpaired) electrons. The number of ether oxygens (including phenoxy) is 2. The highest BCUT2D eigenvalue weighted by atomic mass is 16.5. The van der Waals surface area contributed by atoms with Crippen LogP contribution in [0.25, 0.3) is 21.8 Å². The zero-order valence-corrected chi connectivity index (χ0v) is 17.4. The summed E-state index contributed by atoms with van der Waals surface area (Å²) < 4.78 is 14.7. The molecule has 2 heterocycles. The van der Waals surface area contributed by atoms with E-state index in [1.807, 2.05) is 36.5 Å². The van der Waals surface area contributed by atoms with E-state index in [0.29, 0.717) is 19.6 Å². The van der Waals surface area contributed by atoms with Crippen molar-refractivity contribution < 1.29 is 14.3 Å². The molecule has 0 bridgehead atoms. The zero-order chi connectivity index (χ0) is 20.9. The SMILES string of the molecule is COCCn1cc(CC(=O)Nc2cccc3c2ccn3CCOC)c2ccccc21. The number of nitrogens with one attached hydrogen (secondary N) is 1. The number of para-hydroxylation sites is 1. The number of fused-ring (bicyclic) bond motifs is 2. The van der Waals surface area contributed by atoms with Gasteiger partial charge >= 0.3 is 0 Å². The Labute approximate surface area is 176 Å². The summed E-state index contributed by atoms with van der Waals surface area (Å²) in [5.41, 5.74) is 4.05. The number of carbonyl (C=O) groups is 1. The van der Waals surface area contributed by atoms with Gasteiger partial charge in [-0.05, 0) is 29.8 Å². The second-order valence-corrected chi connectivity index (χ2v) is 7.32. The average molecular weight is 405 g/mol. The largest absolute Gasteiger partial charge is 0.383 e. The van der Waals surface area contributed by atoms with Crippen LogP contribution < -0.4 is 5.32 Å². The predicted octanol–water partition coefficient (Wildman–Crippen LogP) is 4.07. The molecule has 2 aromatic heterocycles. The summed E-state index contributed by atoms with van der Waals surface area (Å²) in [5, 5.41) is 5.24. The maximum Gasteiger partial charge on any atom is 0.228 e. The molecular formula is C24H27N3O3. The minimum atomic E-state index is -0.0261. The van der Waals surface area contributed by atoms with Gasteiger partial charge < -0.3 is 23.9 Å². The second kappa shape index (κ2) is 9.15. The van der Waals surface area contributed by atoms with Gasteiger partial charge in [0.25, 0.3) is 0 Å². The molecule has 0 saturated heterocycles. The standard InChI is InChI=1S/C24H27N3O3/c1-29-14-12-26-11-10-20-21(7-5-9-23(20)26)25-24(28)16-18-17-27(13-15-30-2)22-8-4-3-6-19(18)22/h3-11,17H,12-16H2,1-2H3,(H,25,28). The van der Waals surface area contributed by atoms with Gasteiger partial charge in [0.1, 0.15) is 0 Å². The van der Waals surface area contributed by atoms with Gasteiger partial charge in [-0.1, -0.05) is 24.3 Å². The summed E-state index contributed by atoms with van der Waals surface area (Å²) in [6.07, 6.45) is 4.41. The topological polar surface area (TPSA) is 57.4 Å². The van der Waals surface area contributed by atoms with Crippen molar-refractivity contribution >= 4 is 33.4 Å². The first kappa shape index (κ1) is 20.2. The minimum Gasteiger partial charge on any atom is -0.383 e. The Morgan fingerprint density at radius 2 is 1.57 bits per heavy atom. The number of amides is 1. The van der Waals surface area contributed by atoms with Crippen molar-refractivity contribution in [2.45, 2.75) is 19.5 Å². The molecule has 6 nitrogen and oxygen atoms in total. The molecular weight excluding hydrogens is 378 g/mol. The first-order valence-electron chi connectivity index (χ1n) is 10.1. The lowest BCUT2D eigenvalue weighted by Crippen LogP contribution is -2.14. The first-order valence-corrected chi connectivity index (χ1v) is 10.1. The number of aromatic nitrogens is 2. The molecule has 0 aliphatic rings.